The van der Waals surface area contributed by atoms with Crippen molar-refractivity contribution in [3.63, 3.8) is 0 Å². The van der Waals surface area contributed by atoms with E-state index in [0.29, 0.717) is 19.4 Å². The first-order valence-corrected chi connectivity index (χ1v) is 7.53. The summed E-state index contributed by atoms with van der Waals surface area (Å²) in [4.78, 5) is 14.2. The van der Waals surface area contributed by atoms with E-state index in [1.165, 1.54) is 0 Å². The number of likely N-dealkylation sites (tertiary alicyclic amines) is 1. The van der Waals surface area contributed by atoms with Gasteiger partial charge >= 0.3 is 0 Å². The summed E-state index contributed by atoms with van der Waals surface area (Å²) >= 11 is 3.48. The van der Waals surface area contributed by atoms with Crippen molar-refractivity contribution in [1.29, 1.82) is 0 Å². The summed E-state index contributed by atoms with van der Waals surface area (Å²) in [6.45, 7) is 2.55. The number of amides is 1. The van der Waals surface area contributed by atoms with Crippen molar-refractivity contribution in [2.24, 2.45) is 0 Å². The number of hydrogen-bond acceptors (Lipinski definition) is 3. The van der Waals surface area contributed by atoms with Crippen LogP contribution in [-0.2, 0) is 16.0 Å². The second kappa shape index (κ2) is 6.70. The van der Waals surface area contributed by atoms with Gasteiger partial charge in [0.1, 0.15) is 0 Å². The van der Waals surface area contributed by atoms with Crippen LogP contribution in [0.5, 0.6) is 0 Å². The molecule has 0 bridgehead atoms. The number of halogens is 1. The Labute approximate surface area is 127 Å². The molecule has 110 valence electrons. The smallest absolute Gasteiger partial charge is 0.227 e. The average Bonchev–Trinajstić information content (AvgIpc) is 2.87. The molecule has 2 rings (SSSR count). The van der Waals surface area contributed by atoms with Gasteiger partial charge in [0.25, 0.3) is 0 Å². The summed E-state index contributed by atoms with van der Waals surface area (Å²) in [7, 11) is 1.64. The highest BCUT2D eigenvalue weighted by Crippen LogP contribution is 2.23. The number of aliphatic hydroxyl groups is 1. The lowest BCUT2D eigenvalue weighted by atomic mass is 10.1. The Morgan fingerprint density at radius 1 is 1.55 bits per heavy atom. The molecule has 0 radical (unpaired) electrons. The van der Waals surface area contributed by atoms with Gasteiger partial charge < -0.3 is 14.7 Å². The van der Waals surface area contributed by atoms with Crippen LogP contribution >= 0.6 is 15.9 Å². The molecule has 1 aliphatic heterocycles. The molecule has 0 saturated carbocycles. The molecule has 0 aliphatic carbocycles. The van der Waals surface area contributed by atoms with E-state index in [4.69, 9.17) is 4.74 Å². The molecule has 1 N–H and O–H groups in total. The van der Waals surface area contributed by atoms with Crippen LogP contribution in [0, 0.1) is 6.92 Å². The fraction of sp³-hybridized carbons (Fsp3) is 0.533. The summed E-state index contributed by atoms with van der Waals surface area (Å²) in [6, 6.07) is 5.75. The average molecular weight is 342 g/mol. The third-order valence-electron chi connectivity index (χ3n) is 3.96. The number of nitrogens with zero attached hydrogens (tertiary/aromatic N) is 1. The number of benzene rings is 1. The lowest BCUT2D eigenvalue weighted by Gasteiger charge is -2.23. The molecule has 2 atom stereocenters. The van der Waals surface area contributed by atoms with Crippen LogP contribution < -0.4 is 0 Å². The molecule has 0 spiro atoms. The van der Waals surface area contributed by atoms with E-state index in [1.54, 1.807) is 12.0 Å². The number of rotatable bonds is 4. The molecule has 1 amide bonds. The zero-order valence-electron chi connectivity index (χ0n) is 11.8. The lowest BCUT2D eigenvalue weighted by Crippen LogP contribution is -2.39. The van der Waals surface area contributed by atoms with Gasteiger partial charge in [-0.25, -0.2) is 0 Å². The fourth-order valence-electron chi connectivity index (χ4n) is 2.63. The molecule has 0 unspecified atom stereocenters. The SMILES string of the molecule is CO[C@@H]1C[C@@H](CO)N(C(=O)Cc2cccc(Br)c2C)C1. The predicted molar refractivity (Wildman–Crippen MR) is 80.6 cm³/mol. The van der Waals surface area contributed by atoms with Gasteiger partial charge in [-0.3, -0.25) is 4.79 Å². The van der Waals surface area contributed by atoms with E-state index in [0.717, 1.165) is 15.6 Å². The number of methoxy groups -OCH3 is 1. The van der Waals surface area contributed by atoms with Gasteiger partial charge in [-0.15, -0.1) is 0 Å². The predicted octanol–water partition coefficient (Wildman–Crippen LogP) is 1.91. The van der Waals surface area contributed by atoms with E-state index in [2.05, 4.69) is 15.9 Å². The first-order valence-electron chi connectivity index (χ1n) is 6.74. The highest BCUT2D eigenvalue weighted by molar-refractivity contribution is 9.10. The minimum atomic E-state index is -0.125. The molecule has 1 saturated heterocycles. The van der Waals surface area contributed by atoms with Gasteiger partial charge in [0, 0.05) is 18.1 Å². The number of carbonyl (C=O) groups excluding carboxylic acids is 1. The standard InChI is InChI=1S/C15H20BrNO3/c1-10-11(4-3-5-14(10)16)6-15(19)17-8-13(20-2)7-12(17)9-18/h3-5,12-13,18H,6-9H2,1-2H3/t12-,13+/m0/s1. The summed E-state index contributed by atoms with van der Waals surface area (Å²) in [5, 5.41) is 9.41. The van der Waals surface area contributed by atoms with Crippen molar-refractivity contribution in [1.82, 2.24) is 4.90 Å². The quantitative estimate of drug-likeness (QED) is 0.909. The zero-order chi connectivity index (χ0) is 14.7. The van der Waals surface area contributed by atoms with E-state index in [1.807, 2.05) is 25.1 Å². The molecule has 5 heteroatoms. The van der Waals surface area contributed by atoms with Crippen LogP contribution in [0.4, 0.5) is 0 Å². The normalized spacial score (nSPS) is 22.3. The molecule has 1 aliphatic rings. The Balaban J connectivity index is 2.09. The first kappa shape index (κ1) is 15.5. The maximum atomic E-state index is 12.5. The Bertz CT molecular complexity index is 492. The Morgan fingerprint density at radius 2 is 2.30 bits per heavy atom. The van der Waals surface area contributed by atoms with Gasteiger partial charge in [-0.05, 0) is 30.5 Å². The molecule has 1 heterocycles. The maximum Gasteiger partial charge on any atom is 0.227 e. The molecule has 1 fully saturated rings. The fourth-order valence-corrected chi connectivity index (χ4v) is 3.04. The third kappa shape index (κ3) is 3.22. The van der Waals surface area contributed by atoms with Crippen molar-refractivity contribution in [2.75, 3.05) is 20.3 Å². The van der Waals surface area contributed by atoms with Crippen molar-refractivity contribution in [2.45, 2.75) is 31.9 Å². The molecule has 1 aromatic rings. The van der Waals surface area contributed by atoms with Gasteiger partial charge in [-0.1, -0.05) is 28.1 Å². The Hall–Kier alpha value is -0.910. The van der Waals surface area contributed by atoms with Crippen LogP contribution in [0.15, 0.2) is 22.7 Å². The zero-order valence-corrected chi connectivity index (χ0v) is 13.4. The molecule has 20 heavy (non-hydrogen) atoms. The van der Waals surface area contributed by atoms with E-state index in [9.17, 15) is 9.90 Å². The highest BCUT2D eigenvalue weighted by Gasteiger charge is 2.34. The molecular formula is C15H20BrNO3. The third-order valence-corrected chi connectivity index (χ3v) is 4.82. The van der Waals surface area contributed by atoms with Crippen molar-refractivity contribution >= 4 is 21.8 Å². The second-order valence-electron chi connectivity index (χ2n) is 5.18. The van der Waals surface area contributed by atoms with E-state index >= 15 is 0 Å². The molecule has 4 nitrogen and oxygen atoms in total. The lowest BCUT2D eigenvalue weighted by molar-refractivity contribution is -0.132. The monoisotopic (exact) mass is 341 g/mol. The van der Waals surface area contributed by atoms with Crippen LogP contribution in [0.1, 0.15) is 17.5 Å². The van der Waals surface area contributed by atoms with Crippen LogP contribution in [0.2, 0.25) is 0 Å². The van der Waals surface area contributed by atoms with Gasteiger partial charge in [-0.2, -0.15) is 0 Å². The first-order chi connectivity index (χ1) is 9.56. The van der Waals surface area contributed by atoms with Gasteiger partial charge in [0.15, 0.2) is 0 Å². The second-order valence-corrected chi connectivity index (χ2v) is 6.03. The molecular weight excluding hydrogens is 322 g/mol. The van der Waals surface area contributed by atoms with Crippen molar-refractivity contribution in [3.05, 3.63) is 33.8 Å². The van der Waals surface area contributed by atoms with E-state index < -0.39 is 0 Å². The highest BCUT2D eigenvalue weighted by atomic mass is 79.9. The Morgan fingerprint density at radius 3 is 2.95 bits per heavy atom. The van der Waals surface area contributed by atoms with Crippen molar-refractivity contribution < 1.29 is 14.6 Å². The summed E-state index contributed by atoms with van der Waals surface area (Å²) in [6.07, 6.45) is 1.09. The summed E-state index contributed by atoms with van der Waals surface area (Å²) in [5.74, 6) is 0.0461. The maximum absolute atomic E-state index is 12.5. The van der Waals surface area contributed by atoms with Gasteiger partial charge in [0.05, 0.1) is 25.2 Å². The van der Waals surface area contributed by atoms with Crippen LogP contribution in [0.25, 0.3) is 0 Å². The topological polar surface area (TPSA) is 49.8 Å². The number of ether oxygens (including phenoxy) is 1. The largest absolute Gasteiger partial charge is 0.394 e. The summed E-state index contributed by atoms with van der Waals surface area (Å²) in [5.41, 5.74) is 2.10. The van der Waals surface area contributed by atoms with Gasteiger partial charge in [0.2, 0.25) is 5.91 Å². The minimum absolute atomic E-state index is 0.0108. The molecule has 1 aromatic carbocycles. The number of aliphatic hydroxyl groups excluding tert-OH is 1. The van der Waals surface area contributed by atoms with Crippen molar-refractivity contribution in [3.8, 4) is 0 Å². The van der Waals surface area contributed by atoms with E-state index in [-0.39, 0.29) is 24.7 Å². The number of hydrogen-bond donors (Lipinski definition) is 1. The van der Waals surface area contributed by atoms with Crippen LogP contribution in [-0.4, -0.2) is 48.3 Å². The number of carbonyl (C=O) groups is 1. The van der Waals surface area contributed by atoms with Crippen LogP contribution in [0.3, 0.4) is 0 Å². The Kier molecular flexibility index (Phi) is 5.18. The molecule has 0 aromatic heterocycles. The minimum Gasteiger partial charge on any atom is -0.394 e. The summed E-state index contributed by atoms with van der Waals surface area (Å²) < 4.78 is 6.32.